The van der Waals surface area contributed by atoms with Gasteiger partial charge in [-0.3, -0.25) is 4.79 Å². The van der Waals surface area contributed by atoms with Gasteiger partial charge in [0, 0.05) is 11.3 Å². The zero-order valence-electron chi connectivity index (χ0n) is 16.4. The second-order valence-corrected chi connectivity index (χ2v) is 8.95. The Morgan fingerprint density at radius 1 is 1.07 bits per heavy atom. The number of thioether (sulfide) groups is 1. The standard InChI is InChI=1S/C22H20N4OS2/c1-13-9-10-14(2)17(11-13)24-18(27)12-28-22-20-21(29-15(3)23-20)19(25-26-22)16-7-5-4-6-8-16/h4-11H,12H2,1-3H3,(H,24,27). The molecule has 1 N–H and O–H groups in total. The number of aryl methyl sites for hydroxylation is 3. The summed E-state index contributed by atoms with van der Waals surface area (Å²) in [6.45, 7) is 5.97. The van der Waals surface area contributed by atoms with E-state index < -0.39 is 0 Å². The third-order valence-corrected chi connectivity index (χ3v) is 6.38. The predicted molar refractivity (Wildman–Crippen MR) is 121 cm³/mol. The smallest absolute Gasteiger partial charge is 0.234 e. The molecule has 0 aliphatic carbocycles. The Bertz CT molecular complexity index is 1190. The van der Waals surface area contributed by atoms with Gasteiger partial charge < -0.3 is 5.32 Å². The molecule has 0 saturated carbocycles. The second kappa shape index (κ2) is 8.31. The second-order valence-electron chi connectivity index (χ2n) is 6.79. The van der Waals surface area contributed by atoms with Gasteiger partial charge in [0.2, 0.25) is 5.91 Å². The number of fused-ring (bicyclic) bond motifs is 1. The highest BCUT2D eigenvalue weighted by atomic mass is 32.2. The first kappa shape index (κ1) is 19.5. The number of rotatable bonds is 5. The normalized spacial score (nSPS) is 11.0. The first-order chi connectivity index (χ1) is 14.0. The molecule has 0 atom stereocenters. The maximum absolute atomic E-state index is 12.5. The van der Waals surface area contributed by atoms with Crippen molar-refractivity contribution in [3.05, 3.63) is 64.7 Å². The van der Waals surface area contributed by atoms with Crippen molar-refractivity contribution in [1.82, 2.24) is 15.2 Å². The molecule has 0 aliphatic rings. The van der Waals surface area contributed by atoms with Gasteiger partial charge >= 0.3 is 0 Å². The lowest BCUT2D eigenvalue weighted by molar-refractivity contribution is -0.113. The molecule has 0 aliphatic heterocycles. The zero-order chi connectivity index (χ0) is 20.4. The number of aromatic nitrogens is 3. The highest BCUT2D eigenvalue weighted by Crippen LogP contribution is 2.35. The van der Waals surface area contributed by atoms with Crippen molar-refractivity contribution < 1.29 is 4.79 Å². The lowest BCUT2D eigenvalue weighted by atomic mass is 10.1. The van der Waals surface area contributed by atoms with Gasteiger partial charge in [-0.25, -0.2) is 4.98 Å². The van der Waals surface area contributed by atoms with Gasteiger partial charge in [0.05, 0.1) is 15.5 Å². The van der Waals surface area contributed by atoms with Crippen LogP contribution in [-0.4, -0.2) is 26.8 Å². The molecule has 0 fully saturated rings. The van der Waals surface area contributed by atoms with Crippen LogP contribution in [0, 0.1) is 20.8 Å². The summed E-state index contributed by atoms with van der Waals surface area (Å²) in [5.41, 5.74) is 5.65. The van der Waals surface area contributed by atoms with Gasteiger partial charge in [0.25, 0.3) is 0 Å². The lowest BCUT2D eigenvalue weighted by Gasteiger charge is -2.09. The minimum Gasteiger partial charge on any atom is -0.325 e. The first-order valence-electron chi connectivity index (χ1n) is 9.20. The number of anilines is 1. The van der Waals surface area contributed by atoms with E-state index in [9.17, 15) is 4.79 Å². The number of amides is 1. The Labute approximate surface area is 177 Å². The topological polar surface area (TPSA) is 67.8 Å². The number of benzene rings is 2. The summed E-state index contributed by atoms with van der Waals surface area (Å²) in [6, 6.07) is 16.0. The molecule has 0 unspecified atom stereocenters. The number of hydrogen-bond acceptors (Lipinski definition) is 6. The van der Waals surface area contributed by atoms with Crippen molar-refractivity contribution in [2.24, 2.45) is 0 Å². The van der Waals surface area contributed by atoms with Crippen LogP contribution >= 0.6 is 23.1 Å². The number of nitrogens with one attached hydrogen (secondary N) is 1. The molecular formula is C22H20N4OS2. The maximum Gasteiger partial charge on any atom is 0.234 e. The van der Waals surface area contributed by atoms with E-state index in [-0.39, 0.29) is 11.7 Å². The molecule has 4 rings (SSSR count). The molecule has 2 aromatic carbocycles. The van der Waals surface area contributed by atoms with Crippen LogP contribution in [0.5, 0.6) is 0 Å². The Balaban J connectivity index is 1.56. The van der Waals surface area contributed by atoms with Crippen molar-refractivity contribution >= 4 is 44.9 Å². The number of carbonyl (C=O) groups excluding carboxylic acids is 1. The summed E-state index contributed by atoms with van der Waals surface area (Å²) < 4.78 is 1.00. The largest absolute Gasteiger partial charge is 0.325 e. The van der Waals surface area contributed by atoms with E-state index in [1.54, 1.807) is 11.3 Å². The summed E-state index contributed by atoms with van der Waals surface area (Å²) in [5.74, 6) is 0.177. The van der Waals surface area contributed by atoms with Crippen LogP contribution in [0.3, 0.4) is 0 Å². The van der Waals surface area contributed by atoms with E-state index in [1.807, 2.05) is 69.3 Å². The Hall–Kier alpha value is -2.77. The number of hydrogen-bond donors (Lipinski definition) is 1. The molecule has 5 nitrogen and oxygen atoms in total. The fraction of sp³-hybridized carbons (Fsp3) is 0.182. The monoisotopic (exact) mass is 420 g/mol. The summed E-state index contributed by atoms with van der Waals surface area (Å²) in [6.07, 6.45) is 0. The van der Waals surface area contributed by atoms with Gasteiger partial charge in [0.15, 0.2) is 0 Å². The van der Waals surface area contributed by atoms with E-state index in [2.05, 4.69) is 20.5 Å². The average Bonchev–Trinajstić information content (AvgIpc) is 3.11. The van der Waals surface area contributed by atoms with Crippen LogP contribution in [-0.2, 0) is 4.79 Å². The van der Waals surface area contributed by atoms with Crippen LogP contribution in [0.15, 0.2) is 53.6 Å². The first-order valence-corrected chi connectivity index (χ1v) is 11.0. The number of carbonyl (C=O) groups is 1. The van der Waals surface area contributed by atoms with Crippen molar-refractivity contribution in [2.75, 3.05) is 11.1 Å². The van der Waals surface area contributed by atoms with E-state index in [4.69, 9.17) is 0 Å². The quantitative estimate of drug-likeness (QED) is 0.437. The van der Waals surface area contributed by atoms with Crippen molar-refractivity contribution in [3.8, 4) is 11.3 Å². The van der Waals surface area contributed by atoms with Gasteiger partial charge in [-0.15, -0.1) is 21.5 Å². The third-order valence-electron chi connectivity index (χ3n) is 4.45. The van der Waals surface area contributed by atoms with Crippen molar-refractivity contribution in [3.63, 3.8) is 0 Å². The zero-order valence-corrected chi connectivity index (χ0v) is 18.0. The predicted octanol–water partition coefficient (Wildman–Crippen LogP) is 5.41. The van der Waals surface area contributed by atoms with Crippen LogP contribution in [0.25, 0.3) is 21.5 Å². The molecule has 1 amide bonds. The SMILES string of the molecule is Cc1ccc(C)c(NC(=O)CSc2nnc(-c3ccccc3)c3sc(C)nc23)c1. The van der Waals surface area contributed by atoms with Crippen LogP contribution in [0.1, 0.15) is 16.1 Å². The molecule has 2 heterocycles. The van der Waals surface area contributed by atoms with Crippen molar-refractivity contribution in [2.45, 2.75) is 25.8 Å². The minimum absolute atomic E-state index is 0.0715. The summed E-state index contributed by atoms with van der Waals surface area (Å²) in [7, 11) is 0. The maximum atomic E-state index is 12.5. The van der Waals surface area contributed by atoms with Gasteiger partial charge in [-0.1, -0.05) is 54.2 Å². The van der Waals surface area contributed by atoms with Gasteiger partial charge in [0.1, 0.15) is 16.2 Å². The molecule has 4 aromatic rings. The van der Waals surface area contributed by atoms with E-state index >= 15 is 0 Å². The fourth-order valence-electron chi connectivity index (χ4n) is 2.99. The molecule has 29 heavy (non-hydrogen) atoms. The Morgan fingerprint density at radius 3 is 2.66 bits per heavy atom. The Kier molecular flexibility index (Phi) is 5.60. The van der Waals surface area contributed by atoms with E-state index in [0.717, 1.165) is 43.3 Å². The van der Waals surface area contributed by atoms with Crippen molar-refractivity contribution in [1.29, 1.82) is 0 Å². The van der Waals surface area contributed by atoms with Crippen LogP contribution < -0.4 is 5.32 Å². The summed E-state index contributed by atoms with van der Waals surface area (Å²) in [4.78, 5) is 17.1. The molecule has 0 bridgehead atoms. The third kappa shape index (κ3) is 4.31. The molecule has 0 saturated heterocycles. The molecule has 0 spiro atoms. The van der Waals surface area contributed by atoms with E-state index in [0.29, 0.717) is 5.03 Å². The Morgan fingerprint density at radius 2 is 1.86 bits per heavy atom. The lowest BCUT2D eigenvalue weighted by Crippen LogP contribution is -2.15. The highest BCUT2D eigenvalue weighted by molar-refractivity contribution is 8.00. The molecule has 2 aromatic heterocycles. The molecule has 7 heteroatoms. The summed E-state index contributed by atoms with van der Waals surface area (Å²) >= 11 is 2.96. The van der Waals surface area contributed by atoms with Gasteiger partial charge in [-0.05, 0) is 38.0 Å². The molecular weight excluding hydrogens is 400 g/mol. The minimum atomic E-state index is -0.0715. The number of thiazole rings is 1. The van der Waals surface area contributed by atoms with Gasteiger partial charge in [-0.2, -0.15) is 0 Å². The van der Waals surface area contributed by atoms with E-state index in [1.165, 1.54) is 11.8 Å². The van der Waals surface area contributed by atoms with Crippen LogP contribution in [0.2, 0.25) is 0 Å². The fourth-order valence-corrected chi connectivity index (χ4v) is 4.71. The highest BCUT2D eigenvalue weighted by Gasteiger charge is 2.17. The summed E-state index contributed by atoms with van der Waals surface area (Å²) in [5, 5.41) is 13.4. The number of nitrogens with zero attached hydrogens (tertiary/aromatic N) is 3. The average molecular weight is 421 g/mol. The molecule has 0 radical (unpaired) electrons. The van der Waals surface area contributed by atoms with Crippen LogP contribution in [0.4, 0.5) is 5.69 Å². The molecule has 146 valence electrons.